The number of anilines is 1. The van der Waals surface area contributed by atoms with Gasteiger partial charge in [0.2, 0.25) is 0 Å². The van der Waals surface area contributed by atoms with Crippen molar-refractivity contribution in [2.24, 2.45) is 0 Å². The van der Waals surface area contributed by atoms with Crippen LogP contribution < -0.4 is 4.90 Å². The van der Waals surface area contributed by atoms with Crippen LogP contribution in [-0.4, -0.2) is 44.6 Å². The van der Waals surface area contributed by atoms with Gasteiger partial charge in [0, 0.05) is 38.6 Å². The first-order valence-electron chi connectivity index (χ1n) is 6.25. The predicted molar refractivity (Wildman–Crippen MR) is 70.9 cm³/mol. The number of para-hydroxylation sites is 1. The molecule has 3 atom stereocenters. The average Bonchev–Trinajstić information content (AvgIpc) is 2.81. The Labute approximate surface area is 108 Å². The molecule has 1 aromatic carbocycles. The van der Waals surface area contributed by atoms with Gasteiger partial charge in [-0.25, -0.2) is 0 Å². The van der Waals surface area contributed by atoms with Crippen LogP contribution in [0.1, 0.15) is 18.6 Å². The maximum atomic E-state index is 9.82. The Morgan fingerprint density at radius 1 is 1.17 bits per heavy atom. The van der Waals surface area contributed by atoms with Crippen LogP contribution in [-0.2, 0) is 9.47 Å². The summed E-state index contributed by atoms with van der Waals surface area (Å²) in [5.41, 5.74) is 2.01. The Hall–Kier alpha value is -1.10. The molecule has 1 aliphatic rings. The van der Waals surface area contributed by atoms with Crippen LogP contribution in [0.25, 0.3) is 0 Å². The summed E-state index contributed by atoms with van der Waals surface area (Å²) in [6, 6.07) is 7.93. The van der Waals surface area contributed by atoms with Gasteiger partial charge in [-0.05, 0) is 13.0 Å². The lowest BCUT2D eigenvalue weighted by atomic mass is 10.1. The van der Waals surface area contributed by atoms with Gasteiger partial charge in [-0.2, -0.15) is 0 Å². The van der Waals surface area contributed by atoms with Crippen molar-refractivity contribution in [1.82, 2.24) is 0 Å². The highest BCUT2D eigenvalue weighted by atomic mass is 16.5. The summed E-state index contributed by atoms with van der Waals surface area (Å²) in [4.78, 5) is 2.21. The molecule has 1 saturated heterocycles. The molecular formula is C14H21NO3. The van der Waals surface area contributed by atoms with Crippen molar-refractivity contribution in [3.05, 3.63) is 29.8 Å². The number of hydrogen-bond acceptors (Lipinski definition) is 4. The van der Waals surface area contributed by atoms with Crippen molar-refractivity contribution in [3.8, 4) is 0 Å². The monoisotopic (exact) mass is 251 g/mol. The summed E-state index contributed by atoms with van der Waals surface area (Å²) in [5.74, 6) is 0. The first kappa shape index (κ1) is 13.3. The van der Waals surface area contributed by atoms with Crippen molar-refractivity contribution in [2.45, 2.75) is 25.2 Å². The van der Waals surface area contributed by atoms with Crippen LogP contribution in [0.15, 0.2) is 24.3 Å². The van der Waals surface area contributed by atoms with Crippen LogP contribution in [0, 0.1) is 0 Å². The zero-order valence-corrected chi connectivity index (χ0v) is 11.2. The van der Waals surface area contributed by atoms with Gasteiger partial charge in [-0.1, -0.05) is 18.2 Å². The normalized spacial score (nSPS) is 25.4. The Bertz CT molecular complexity index is 382. The molecule has 4 heteroatoms. The van der Waals surface area contributed by atoms with E-state index in [1.165, 1.54) is 0 Å². The predicted octanol–water partition coefficient (Wildman–Crippen LogP) is 1.59. The second kappa shape index (κ2) is 5.69. The summed E-state index contributed by atoms with van der Waals surface area (Å²) in [7, 11) is 3.42. The lowest BCUT2D eigenvalue weighted by Crippen LogP contribution is -2.27. The number of methoxy groups -OCH3 is 2. The smallest absolute Gasteiger partial charge is 0.102 e. The topological polar surface area (TPSA) is 41.9 Å². The fraction of sp³-hybridized carbons (Fsp3) is 0.571. The zero-order chi connectivity index (χ0) is 13.1. The van der Waals surface area contributed by atoms with Gasteiger partial charge in [0.25, 0.3) is 0 Å². The molecule has 1 heterocycles. The summed E-state index contributed by atoms with van der Waals surface area (Å²) >= 11 is 0. The van der Waals surface area contributed by atoms with E-state index in [2.05, 4.69) is 4.90 Å². The maximum Gasteiger partial charge on any atom is 0.102 e. The molecule has 0 spiro atoms. The number of hydrogen-bond donors (Lipinski definition) is 1. The van der Waals surface area contributed by atoms with E-state index in [4.69, 9.17) is 9.47 Å². The molecule has 0 amide bonds. The number of aliphatic hydroxyl groups excluding tert-OH is 1. The molecule has 1 fully saturated rings. The van der Waals surface area contributed by atoms with E-state index < -0.39 is 6.10 Å². The van der Waals surface area contributed by atoms with Crippen molar-refractivity contribution in [3.63, 3.8) is 0 Å². The van der Waals surface area contributed by atoms with Crippen LogP contribution in [0.2, 0.25) is 0 Å². The Morgan fingerprint density at radius 2 is 1.72 bits per heavy atom. The third kappa shape index (κ3) is 2.51. The zero-order valence-electron chi connectivity index (χ0n) is 11.2. The molecule has 1 aromatic rings. The molecule has 3 unspecified atom stereocenters. The third-order valence-electron chi connectivity index (χ3n) is 3.55. The maximum absolute atomic E-state index is 9.82. The molecule has 0 bridgehead atoms. The first-order chi connectivity index (χ1) is 8.67. The van der Waals surface area contributed by atoms with Crippen LogP contribution >= 0.6 is 0 Å². The van der Waals surface area contributed by atoms with E-state index in [0.29, 0.717) is 0 Å². The summed E-state index contributed by atoms with van der Waals surface area (Å²) in [5, 5.41) is 9.82. The Morgan fingerprint density at radius 3 is 2.22 bits per heavy atom. The molecule has 0 radical (unpaired) electrons. The molecule has 2 rings (SSSR count). The summed E-state index contributed by atoms with van der Waals surface area (Å²) < 4.78 is 10.9. The Kier molecular flexibility index (Phi) is 4.22. The van der Waals surface area contributed by atoms with Gasteiger partial charge >= 0.3 is 0 Å². The highest BCUT2D eigenvalue weighted by molar-refractivity contribution is 5.55. The molecule has 1 aliphatic heterocycles. The number of ether oxygens (including phenoxy) is 2. The van der Waals surface area contributed by atoms with E-state index >= 15 is 0 Å². The lowest BCUT2D eigenvalue weighted by Gasteiger charge is -2.22. The molecule has 0 saturated carbocycles. The highest BCUT2D eigenvalue weighted by Crippen LogP contribution is 2.30. The van der Waals surface area contributed by atoms with E-state index in [-0.39, 0.29) is 12.2 Å². The van der Waals surface area contributed by atoms with Crippen LogP contribution in [0.5, 0.6) is 0 Å². The minimum atomic E-state index is -0.469. The molecule has 0 aromatic heterocycles. The molecule has 18 heavy (non-hydrogen) atoms. The number of rotatable bonds is 4. The Balaban J connectivity index is 2.23. The first-order valence-corrected chi connectivity index (χ1v) is 6.25. The van der Waals surface area contributed by atoms with Crippen molar-refractivity contribution in [1.29, 1.82) is 0 Å². The minimum Gasteiger partial charge on any atom is -0.389 e. The minimum absolute atomic E-state index is 0.0806. The van der Waals surface area contributed by atoms with E-state index in [1.54, 1.807) is 21.1 Å². The quantitative estimate of drug-likeness (QED) is 0.882. The van der Waals surface area contributed by atoms with Gasteiger partial charge < -0.3 is 19.5 Å². The molecule has 1 N–H and O–H groups in total. The largest absolute Gasteiger partial charge is 0.389 e. The summed E-state index contributed by atoms with van der Waals surface area (Å²) in [6.07, 6.45) is -0.308. The number of aliphatic hydroxyl groups is 1. The molecular weight excluding hydrogens is 230 g/mol. The SMILES string of the molecule is COC1CN(c2ccccc2C(C)O)CC1OC. The third-order valence-corrected chi connectivity index (χ3v) is 3.55. The average molecular weight is 251 g/mol. The summed E-state index contributed by atoms with van der Waals surface area (Å²) in [6.45, 7) is 3.37. The second-order valence-corrected chi connectivity index (χ2v) is 4.69. The van der Waals surface area contributed by atoms with Crippen LogP contribution in [0.4, 0.5) is 5.69 Å². The fourth-order valence-corrected chi connectivity index (χ4v) is 2.52. The second-order valence-electron chi connectivity index (χ2n) is 4.69. The van der Waals surface area contributed by atoms with Gasteiger partial charge in [-0.3, -0.25) is 0 Å². The lowest BCUT2D eigenvalue weighted by molar-refractivity contribution is -0.00461. The number of benzene rings is 1. The van der Waals surface area contributed by atoms with E-state index in [0.717, 1.165) is 24.3 Å². The number of nitrogens with zero attached hydrogens (tertiary/aromatic N) is 1. The van der Waals surface area contributed by atoms with E-state index in [1.807, 2.05) is 24.3 Å². The molecule has 100 valence electrons. The van der Waals surface area contributed by atoms with Gasteiger partial charge in [0.15, 0.2) is 0 Å². The highest BCUT2D eigenvalue weighted by Gasteiger charge is 2.34. The van der Waals surface area contributed by atoms with Crippen molar-refractivity contribution >= 4 is 5.69 Å². The van der Waals surface area contributed by atoms with Gasteiger partial charge in [0.1, 0.15) is 12.2 Å². The van der Waals surface area contributed by atoms with Gasteiger partial charge in [-0.15, -0.1) is 0 Å². The molecule has 4 nitrogen and oxygen atoms in total. The standard InChI is InChI=1S/C14H21NO3/c1-10(16)11-6-4-5-7-12(11)15-8-13(17-2)14(9-15)18-3/h4-7,10,13-14,16H,8-9H2,1-3H3. The van der Waals surface area contributed by atoms with Crippen molar-refractivity contribution < 1.29 is 14.6 Å². The van der Waals surface area contributed by atoms with Gasteiger partial charge in [0.05, 0.1) is 6.10 Å². The van der Waals surface area contributed by atoms with E-state index in [9.17, 15) is 5.11 Å². The fourth-order valence-electron chi connectivity index (χ4n) is 2.52. The van der Waals surface area contributed by atoms with Crippen molar-refractivity contribution in [2.75, 3.05) is 32.2 Å². The molecule has 0 aliphatic carbocycles. The van der Waals surface area contributed by atoms with Crippen LogP contribution in [0.3, 0.4) is 0 Å².